The zero-order chi connectivity index (χ0) is 20.6. The van der Waals surface area contributed by atoms with Crippen molar-refractivity contribution in [2.24, 2.45) is 0 Å². The Bertz CT molecular complexity index is 1310. The standard InChI is InChI=1S/C20H12F3N5O/c21-20(22,23)15-6-3-7-16(8-15)28-18-17(10-26-28)19(29)27(12-25-18)11-14-5-2-1-4-13(14)9-24/h1-8,10,12H,11H2. The molecule has 0 aliphatic rings. The predicted molar refractivity (Wildman–Crippen MR) is 98.4 cm³/mol. The molecule has 2 aromatic heterocycles. The Morgan fingerprint density at radius 1 is 1.10 bits per heavy atom. The highest BCUT2D eigenvalue weighted by molar-refractivity contribution is 5.75. The summed E-state index contributed by atoms with van der Waals surface area (Å²) in [5, 5.41) is 13.4. The van der Waals surface area contributed by atoms with Crippen LogP contribution in [0.5, 0.6) is 0 Å². The van der Waals surface area contributed by atoms with E-state index in [-0.39, 0.29) is 23.3 Å². The van der Waals surface area contributed by atoms with Crippen molar-refractivity contribution in [3.05, 3.63) is 88.1 Å². The topological polar surface area (TPSA) is 76.5 Å². The van der Waals surface area contributed by atoms with Crippen LogP contribution in [0.15, 0.2) is 65.8 Å². The summed E-state index contributed by atoms with van der Waals surface area (Å²) in [6.07, 6.45) is -1.92. The Balaban J connectivity index is 1.78. The van der Waals surface area contributed by atoms with Crippen molar-refractivity contribution < 1.29 is 13.2 Å². The molecule has 0 amide bonds. The Morgan fingerprint density at radius 3 is 2.66 bits per heavy atom. The van der Waals surface area contributed by atoms with Gasteiger partial charge >= 0.3 is 6.18 Å². The number of aromatic nitrogens is 4. The van der Waals surface area contributed by atoms with Crippen LogP contribution >= 0.6 is 0 Å². The number of alkyl halides is 3. The molecule has 29 heavy (non-hydrogen) atoms. The van der Waals surface area contributed by atoms with Crippen LogP contribution in [0.4, 0.5) is 13.2 Å². The molecule has 6 nitrogen and oxygen atoms in total. The van der Waals surface area contributed by atoms with Crippen molar-refractivity contribution in [2.75, 3.05) is 0 Å². The minimum atomic E-state index is -4.49. The molecule has 2 heterocycles. The quantitative estimate of drug-likeness (QED) is 0.532. The van der Waals surface area contributed by atoms with Crippen molar-refractivity contribution in [3.8, 4) is 11.8 Å². The van der Waals surface area contributed by atoms with Crippen LogP contribution < -0.4 is 5.56 Å². The van der Waals surface area contributed by atoms with E-state index in [1.165, 1.54) is 33.9 Å². The fourth-order valence-electron chi connectivity index (χ4n) is 3.01. The van der Waals surface area contributed by atoms with E-state index in [0.29, 0.717) is 11.1 Å². The van der Waals surface area contributed by atoms with E-state index in [4.69, 9.17) is 0 Å². The molecule has 0 radical (unpaired) electrons. The summed E-state index contributed by atoms with van der Waals surface area (Å²) in [4.78, 5) is 17.0. The van der Waals surface area contributed by atoms with Gasteiger partial charge in [0.25, 0.3) is 5.56 Å². The summed E-state index contributed by atoms with van der Waals surface area (Å²) in [6.45, 7) is 0.139. The Hall–Kier alpha value is -3.93. The van der Waals surface area contributed by atoms with Gasteiger partial charge in [-0.15, -0.1) is 0 Å². The lowest BCUT2D eigenvalue weighted by Gasteiger charge is -2.10. The minimum absolute atomic E-state index is 0.139. The van der Waals surface area contributed by atoms with E-state index < -0.39 is 17.3 Å². The summed E-state index contributed by atoms with van der Waals surface area (Å²) in [6, 6.07) is 13.6. The maximum Gasteiger partial charge on any atom is 0.416 e. The highest BCUT2D eigenvalue weighted by atomic mass is 19.4. The van der Waals surface area contributed by atoms with E-state index in [1.54, 1.807) is 24.3 Å². The Kier molecular flexibility index (Phi) is 4.39. The van der Waals surface area contributed by atoms with E-state index in [9.17, 15) is 23.2 Å². The number of nitriles is 1. The van der Waals surface area contributed by atoms with Gasteiger partial charge < -0.3 is 0 Å². The highest BCUT2D eigenvalue weighted by Crippen LogP contribution is 2.30. The van der Waals surface area contributed by atoms with Crippen LogP contribution in [0.3, 0.4) is 0 Å². The molecule has 0 spiro atoms. The first kappa shape index (κ1) is 18.4. The summed E-state index contributed by atoms with van der Waals surface area (Å²) in [5.41, 5.74) is 0.178. The second kappa shape index (κ2) is 6.91. The molecule has 0 N–H and O–H groups in total. The molecule has 9 heteroatoms. The molecule has 0 saturated heterocycles. The number of benzene rings is 2. The molecule has 0 unspecified atom stereocenters. The molecule has 0 aliphatic carbocycles. The van der Waals surface area contributed by atoms with Crippen LogP contribution in [0.1, 0.15) is 16.7 Å². The second-order valence-electron chi connectivity index (χ2n) is 6.29. The molecular weight excluding hydrogens is 383 g/mol. The normalized spacial score (nSPS) is 11.5. The molecule has 0 aliphatic heterocycles. The van der Waals surface area contributed by atoms with Gasteiger partial charge in [0, 0.05) is 0 Å². The maximum absolute atomic E-state index is 13.0. The number of hydrogen-bond acceptors (Lipinski definition) is 4. The first-order valence-corrected chi connectivity index (χ1v) is 8.47. The predicted octanol–water partition coefficient (Wildman–Crippen LogP) is 3.52. The van der Waals surface area contributed by atoms with E-state index in [0.717, 1.165) is 12.1 Å². The Morgan fingerprint density at radius 2 is 1.90 bits per heavy atom. The smallest absolute Gasteiger partial charge is 0.294 e. The fourth-order valence-corrected chi connectivity index (χ4v) is 3.01. The molecular formula is C20H12F3N5O. The zero-order valence-electron chi connectivity index (χ0n) is 14.8. The summed E-state index contributed by atoms with van der Waals surface area (Å²) in [5.74, 6) is 0. The third kappa shape index (κ3) is 3.36. The van der Waals surface area contributed by atoms with Crippen LogP contribution in [0.2, 0.25) is 0 Å². The lowest BCUT2D eigenvalue weighted by Crippen LogP contribution is -2.21. The van der Waals surface area contributed by atoms with Gasteiger partial charge in [0.05, 0.1) is 35.6 Å². The number of hydrogen-bond donors (Lipinski definition) is 0. The average Bonchev–Trinajstić information content (AvgIpc) is 3.15. The van der Waals surface area contributed by atoms with Crippen molar-refractivity contribution in [2.45, 2.75) is 12.7 Å². The molecule has 144 valence electrons. The number of rotatable bonds is 3. The summed E-state index contributed by atoms with van der Waals surface area (Å²) < 4.78 is 41.5. The van der Waals surface area contributed by atoms with Crippen molar-refractivity contribution in [1.82, 2.24) is 19.3 Å². The molecule has 4 aromatic rings. The van der Waals surface area contributed by atoms with Crippen LogP contribution in [0, 0.1) is 11.3 Å². The first-order chi connectivity index (χ1) is 13.9. The maximum atomic E-state index is 13.0. The van der Waals surface area contributed by atoms with Gasteiger partial charge in [-0.3, -0.25) is 9.36 Å². The van der Waals surface area contributed by atoms with Crippen LogP contribution in [-0.2, 0) is 12.7 Å². The van der Waals surface area contributed by atoms with Gasteiger partial charge in [-0.25, -0.2) is 9.67 Å². The third-order valence-corrected chi connectivity index (χ3v) is 4.45. The second-order valence-corrected chi connectivity index (χ2v) is 6.29. The minimum Gasteiger partial charge on any atom is -0.294 e. The molecule has 0 fully saturated rings. The lowest BCUT2D eigenvalue weighted by atomic mass is 10.1. The molecule has 0 bridgehead atoms. The molecule has 0 atom stereocenters. The highest BCUT2D eigenvalue weighted by Gasteiger charge is 2.30. The third-order valence-electron chi connectivity index (χ3n) is 4.45. The Labute approximate surface area is 162 Å². The largest absolute Gasteiger partial charge is 0.416 e. The average molecular weight is 395 g/mol. The van der Waals surface area contributed by atoms with Crippen molar-refractivity contribution >= 4 is 11.0 Å². The fraction of sp³-hybridized carbons (Fsp3) is 0.100. The van der Waals surface area contributed by atoms with Gasteiger partial charge in [-0.2, -0.15) is 23.5 Å². The lowest BCUT2D eigenvalue weighted by molar-refractivity contribution is -0.137. The number of fused-ring (bicyclic) bond motifs is 1. The van der Waals surface area contributed by atoms with E-state index in [2.05, 4.69) is 16.2 Å². The number of halogens is 3. The van der Waals surface area contributed by atoms with Crippen molar-refractivity contribution in [3.63, 3.8) is 0 Å². The molecule has 2 aromatic carbocycles. The number of nitrogens with zero attached hydrogens (tertiary/aromatic N) is 5. The van der Waals surface area contributed by atoms with E-state index in [1.807, 2.05) is 0 Å². The van der Waals surface area contributed by atoms with Crippen LogP contribution in [-0.4, -0.2) is 19.3 Å². The van der Waals surface area contributed by atoms with Crippen LogP contribution in [0.25, 0.3) is 16.7 Å². The van der Waals surface area contributed by atoms with Crippen molar-refractivity contribution in [1.29, 1.82) is 5.26 Å². The van der Waals surface area contributed by atoms with Gasteiger partial charge in [0.2, 0.25) is 0 Å². The van der Waals surface area contributed by atoms with Gasteiger partial charge in [-0.05, 0) is 29.8 Å². The summed E-state index contributed by atoms with van der Waals surface area (Å²) in [7, 11) is 0. The zero-order valence-corrected chi connectivity index (χ0v) is 14.8. The molecule has 4 rings (SSSR count). The van der Waals surface area contributed by atoms with E-state index >= 15 is 0 Å². The van der Waals surface area contributed by atoms with Gasteiger partial charge in [0.15, 0.2) is 5.65 Å². The summed E-state index contributed by atoms with van der Waals surface area (Å²) >= 11 is 0. The monoisotopic (exact) mass is 395 g/mol. The van der Waals surface area contributed by atoms with Gasteiger partial charge in [-0.1, -0.05) is 24.3 Å². The first-order valence-electron chi connectivity index (χ1n) is 8.47. The molecule has 0 saturated carbocycles. The van der Waals surface area contributed by atoms with Gasteiger partial charge in [0.1, 0.15) is 11.7 Å². The SMILES string of the molecule is N#Cc1ccccc1Cn1cnc2c(cnn2-c2cccc(C(F)(F)F)c2)c1=O.